The lowest BCUT2D eigenvalue weighted by molar-refractivity contribution is -0.0731. The Morgan fingerprint density at radius 1 is 0.289 bits per heavy atom. The third-order valence-electron chi connectivity index (χ3n) is 19.7. The molecule has 0 saturated heterocycles. The van der Waals surface area contributed by atoms with Crippen molar-refractivity contribution in [1.29, 1.82) is 0 Å². The fourth-order valence-corrected chi connectivity index (χ4v) is 16.0. The molecule has 135 heavy (non-hydrogen) atoms. The fourth-order valence-electron chi connectivity index (χ4n) is 12.8. The Hall–Kier alpha value is -7.84. The zero-order valence-electron chi connectivity index (χ0n) is 82.6. The van der Waals surface area contributed by atoms with E-state index in [1.165, 1.54) is 22.3 Å². The fraction of sp³-hybridized carbons (Fsp3) is 0.515. The Bertz CT molecular complexity index is 4500. The molecule has 8 aromatic carbocycles. The highest BCUT2D eigenvalue weighted by atomic mass is 31.2. The molecule has 0 radical (unpaired) electrons. The summed E-state index contributed by atoms with van der Waals surface area (Å²) < 4.78 is 209. The lowest BCUT2D eigenvalue weighted by Crippen LogP contribution is -2.34. The number of methoxy groups -OCH3 is 4. The summed E-state index contributed by atoms with van der Waals surface area (Å²) in [6, 6.07) is 63.3. The Labute approximate surface area is 799 Å². The van der Waals surface area contributed by atoms with Crippen molar-refractivity contribution < 1.29 is 128 Å². The van der Waals surface area contributed by atoms with Crippen LogP contribution in [-0.4, -0.2) is 233 Å². The average Bonchev–Trinajstić information content (AvgIpc) is 0.848. The first-order valence-electron chi connectivity index (χ1n) is 44.8. The number of nitrogens with zero attached hydrogens (tertiary/aromatic N) is 4. The molecule has 0 fully saturated rings. The number of para-hydroxylation sites is 4. The summed E-state index contributed by atoms with van der Waals surface area (Å²) in [7, 11) is 3.04. The lowest BCUT2D eigenvalue weighted by Gasteiger charge is -2.28. The molecule has 0 N–H and O–H groups in total. The summed E-state index contributed by atoms with van der Waals surface area (Å²) in [5, 5.41) is 0. The molecule has 8 aromatic rings. The van der Waals surface area contributed by atoms with E-state index < -0.39 is 108 Å². The van der Waals surface area contributed by atoms with E-state index in [0.29, 0.717) is 26.2 Å². The number of benzene rings is 8. The molecule has 0 saturated carbocycles. The first-order valence-corrected chi connectivity index (χ1v) is 50.6. The Morgan fingerprint density at radius 3 is 0.689 bits per heavy atom. The van der Waals surface area contributed by atoms with E-state index in [-0.39, 0.29) is 31.8 Å². The molecule has 0 aliphatic carbocycles. The van der Waals surface area contributed by atoms with Gasteiger partial charge in [0.15, 0.2) is 27.2 Å². The van der Waals surface area contributed by atoms with Crippen LogP contribution in [0.25, 0.3) is 0 Å². The maximum absolute atomic E-state index is 14.3. The summed E-state index contributed by atoms with van der Waals surface area (Å²) in [5.41, 5.74) is 8.59. The number of rotatable bonds is 60. The van der Waals surface area contributed by atoms with Crippen LogP contribution < -0.4 is 37.9 Å². The number of hydrogen-bond donors (Lipinski definition) is 0. The van der Waals surface area contributed by atoms with Gasteiger partial charge in [0, 0.05) is 26.2 Å². The molecule has 0 aliphatic heterocycles. The molecule has 754 valence electrons. The number of aryl methyl sites for hydroxylation is 8. The van der Waals surface area contributed by atoms with Crippen molar-refractivity contribution in [3.8, 4) is 46.0 Å². The van der Waals surface area contributed by atoms with Gasteiger partial charge in [-0.05, 0) is 279 Å². The van der Waals surface area contributed by atoms with Crippen LogP contribution in [0.15, 0.2) is 194 Å². The van der Waals surface area contributed by atoms with E-state index in [1.54, 1.807) is 76.9 Å². The first-order chi connectivity index (χ1) is 63.9. The van der Waals surface area contributed by atoms with E-state index in [1.807, 2.05) is 267 Å². The smallest absolute Gasteiger partial charge is 0.497 e. The normalized spacial score (nSPS) is 14.6. The molecule has 0 heterocycles. The summed E-state index contributed by atoms with van der Waals surface area (Å²) in [6.07, 6.45) is 2.54. The monoisotopic (exact) mass is 1970 g/mol. The van der Waals surface area contributed by atoms with Crippen LogP contribution in [0.5, 0.6) is 46.0 Å². The minimum atomic E-state index is -4.75. The highest BCUT2D eigenvalue weighted by Gasteiger charge is 2.35. The summed E-state index contributed by atoms with van der Waals surface area (Å²) in [6.45, 7) is 17.6. The Balaban J connectivity index is 0.000000318. The molecule has 8 rings (SSSR count). The second-order valence-corrected chi connectivity index (χ2v) is 39.9. The largest absolute Gasteiger partial charge is 0.515 e. The van der Waals surface area contributed by atoms with Crippen molar-refractivity contribution in [3.63, 3.8) is 0 Å². The third-order valence-corrected chi connectivity index (χ3v) is 23.9. The van der Waals surface area contributed by atoms with Gasteiger partial charge < -0.3 is 76.4 Å². The quantitative estimate of drug-likeness (QED) is 0.0195. The van der Waals surface area contributed by atoms with Gasteiger partial charge in [-0.15, -0.1) is 16.8 Å². The van der Waals surface area contributed by atoms with E-state index in [9.17, 15) is 35.0 Å². The van der Waals surface area contributed by atoms with Crippen molar-refractivity contribution >= 4 is 31.6 Å². The van der Waals surface area contributed by atoms with E-state index in [4.69, 9.17) is 79.5 Å². The topological polar surface area (TPSA) is 266 Å². The predicted octanol–water partition coefficient (Wildman–Crippen LogP) is 22.2. The van der Waals surface area contributed by atoms with Crippen molar-refractivity contribution in [2.45, 2.75) is 169 Å². The number of hydrogen-bond acceptors (Lipinski definition) is 28. The first kappa shape index (κ1) is 118. The third kappa shape index (κ3) is 51.6. The zero-order valence-corrected chi connectivity index (χ0v) is 86.2. The van der Waals surface area contributed by atoms with Crippen LogP contribution in [0.1, 0.15) is 114 Å². The predicted molar refractivity (Wildman–Crippen MR) is 520 cm³/mol. The maximum atomic E-state index is 14.3. The standard InChI is InChI=1S/C27H41FNO6P.3C24H35FNO6P/c1-21(27(2,3)4)35-36(28,30)34-20-33-25(18-29(5)6)19-32-26-14-9-8-12-23(26)16-15-22-11-10-13-24(17-22)31-7;3*1-19(2)32-33(25,27)31-18-30-23(16-26(3)4)17-29-24-12-7-6-10-21(24)14-13-20-9-8-11-22(15-20)28-5/h8-14,17,21,25H,15-16,18-20H2,1-7H3;3*6-12,15,19,23H,13-14,16-18H2,1-5H3/t21?,25?,36-;23?,33-;23-,33+;23-,33-/m1010/s1. The van der Waals surface area contributed by atoms with Crippen LogP contribution in [0, 0.1) is 5.41 Å². The molecular weight excluding hydrogens is 1830 g/mol. The van der Waals surface area contributed by atoms with Gasteiger partial charge in [0.2, 0.25) is 0 Å². The molecule has 9 atom stereocenters. The van der Waals surface area contributed by atoms with Gasteiger partial charge in [-0.3, -0.25) is 36.2 Å². The number of ether oxygens (including phenoxy) is 12. The maximum Gasteiger partial charge on any atom is 0.515 e. The summed E-state index contributed by atoms with van der Waals surface area (Å²) >= 11 is 0. The Morgan fingerprint density at radius 2 is 0.496 bits per heavy atom. The van der Waals surface area contributed by atoms with Gasteiger partial charge in [0.05, 0.1) is 52.9 Å². The second kappa shape index (κ2) is 62.3. The SMILES string of the molecule is COc1cccc(CCc2ccccc2OCC(CN(C)C)OCO[P@@](=O)(F)OC(C)C)c1.COc1cccc(CCc2ccccc2OCC(CN(C)C)OCO[P@](=O)(F)OC(C)C(C)(C)C)c1.COc1cccc(CCc2ccccc2OC[C@@H](CN(C)C)OCO[P@@](=O)(F)OC(C)C)c1.COc1cccc(CCc2ccccc2OC[C@H](CN(C)C)OCO[P@@](=O)(F)OC(C)C)c1. The van der Waals surface area contributed by atoms with Crippen molar-refractivity contribution in [3.05, 3.63) is 239 Å². The molecule has 0 spiro atoms. The van der Waals surface area contributed by atoms with E-state index in [0.717, 1.165) is 120 Å². The van der Waals surface area contributed by atoms with Crippen molar-refractivity contribution in [2.75, 3.05) is 165 Å². The van der Waals surface area contributed by atoms with Crippen LogP contribution in [0.3, 0.4) is 0 Å². The summed E-state index contributed by atoms with van der Waals surface area (Å²) in [5.74, 6) is 6.36. The highest BCUT2D eigenvalue weighted by Crippen LogP contribution is 2.54. The molecule has 0 aromatic heterocycles. The molecule has 3 unspecified atom stereocenters. The van der Waals surface area contributed by atoms with Gasteiger partial charge >= 0.3 is 31.6 Å². The second-order valence-electron chi connectivity index (χ2n) is 34.6. The van der Waals surface area contributed by atoms with Gasteiger partial charge in [-0.25, -0.2) is 18.3 Å². The van der Waals surface area contributed by atoms with E-state index >= 15 is 0 Å². The van der Waals surface area contributed by atoms with Crippen molar-refractivity contribution in [1.82, 2.24) is 19.6 Å². The number of likely N-dealkylation sites (N-methyl/N-ethyl adjacent to an activating group) is 4. The van der Waals surface area contributed by atoms with Gasteiger partial charge in [0.1, 0.15) is 96.8 Å². The van der Waals surface area contributed by atoms with E-state index in [2.05, 4.69) is 37.8 Å². The van der Waals surface area contributed by atoms with Gasteiger partial charge in [-0.2, -0.15) is 0 Å². The molecular formula is C99H146F4N4O24P4. The van der Waals surface area contributed by atoms with Crippen LogP contribution >= 0.6 is 31.6 Å². The molecule has 28 nitrogen and oxygen atoms in total. The Kier molecular flexibility index (Phi) is 54.3. The van der Waals surface area contributed by atoms with Gasteiger partial charge in [0.25, 0.3) is 0 Å². The molecule has 36 heteroatoms. The minimum absolute atomic E-state index is 0.216. The van der Waals surface area contributed by atoms with Crippen LogP contribution in [0.4, 0.5) is 16.8 Å². The lowest BCUT2D eigenvalue weighted by atomic mass is 9.91. The van der Waals surface area contributed by atoms with Crippen molar-refractivity contribution in [2.24, 2.45) is 5.41 Å². The zero-order chi connectivity index (χ0) is 99.6. The molecule has 0 bridgehead atoms. The summed E-state index contributed by atoms with van der Waals surface area (Å²) in [4.78, 5) is 7.68. The highest BCUT2D eigenvalue weighted by molar-refractivity contribution is 7.48. The van der Waals surface area contributed by atoms with Gasteiger partial charge in [-0.1, -0.05) is 142 Å². The minimum Gasteiger partial charge on any atom is -0.497 e. The molecule has 0 aliphatic rings. The van der Waals surface area contributed by atoms with Crippen LogP contribution in [-0.2, 0) is 125 Å². The van der Waals surface area contributed by atoms with Crippen LogP contribution in [0.2, 0.25) is 0 Å². The average molecular weight is 1980 g/mol. The number of halogens is 4. The molecule has 0 amide bonds.